The van der Waals surface area contributed by atoms with E-state index in [9.17, 15) is 4.79 Å². The maximum absolute atomic E-state index is 11.0. The van der Waals surface area contributed by atoms with Crippen LogP contribution in [0.25, 0.3) is 0 Å². The highest BCUT2D eigenvalue weighted by atomic mass is 16.4. The first-order chi connectivity index (χ1) is 9.16. The van der Waals surface area contributed by atoms with Crippen molar-refractivity contribution in [1.82, 2.24) is 15.2 Å². The molecule has 1 aliphatic rings. The van der Waals surface area contributed by atoms with Gasteiger partial charge in [0.25, 0.3) is 0 Å². The van der Waals surface area contributed by atoms with E-state index in [0.717, 1.165) is 31.6 Å². The lowest BCUT2D eigenvalue weighted by Gasteiger charge is -2.33. The molecule has 2 rings (SSSR count). The number of carboxylic acids is 1. The van der Waals surface area contributed by atoms with Gasteiger partial charge in [0.15, 0.2) is 0 Å². The average molecular weight is 263 g/mol. The second kappa shape index (κ2) is 6.63. The first-order valence-electron chi connectivity index (χ1n) is 6.74. The van der Waals surface area contributed by atoms with E-state index in [-0.39, 0.29) is 12.5 Å². The van der Waals surface area contributed by atoms with Crippen molar-refractivity contribution in [1.29, 1.82) is 0 Å². The molecule has 1 aliphatic heterocycles. The third kappa shape index (κ3) is 4.01. The minimum absolute atomic E-state index is 0.0372. The fraction of sp³-hybridized carbons (Fsp3) is 0.571. The van der Waals surface area contributed by atoms with E-state index < -0.39 is 5.97 Å². The molecule has 1 aromatic rings. The van der Waals surface area contributed by atoms with Crippen LogP contribution in [0, 0.1) is 0 Å². The molecular formula is C14H21N3O2. The molecule has 0 amide bonds. The van der Waals surface area contributed by atoms with Crippen molar-refractivity contribution in [3.05, 3.63) is 30.1 Å². The molecule has 2 unspecified atom stereocenters. The molecule has 0 aliphatic carbocycles. The molecule has 5 heteroatoms. The lowest BCUT2D eigenvalue weighted by atomic mass is 10.1. The number of nitrogens with zero attached hydrogens (tertiary/aromatic N) is 2. The molecule has 0 radical (unpaired) electrons. The highest BCUT2D eigenvalue weighted by Gasteiger charge is 2.27. The minimum atomic E-state index is -0.739. The van der Waals surface area contributed by atoms with Gasteiger partial charge in [-0.3, -0.25) is 14.7 Å². The lowest BCUT2D eigenvalue weighted by Crippen LogP contribution is -2.44. The van der Waals surface area contributed by atoms with Crippen molar-refractivity contribution in [3.8, 4) is 0 Å². The Bertz CT molecular complexity index is 410. The Kier molecular flexibility index (Phi) is 4.87. The Labute approximate surface area is 113 Å². The van der Waals surface area contributed by atoms with Crippen molar-refractivity contribution in [2.24, 2.45) is 0 Å². The van der Waals surface area contributed by atoms with Gasteiger partial charge in [-0.05, 0) is 31.5 Å². The molecule has 1 aromatic heterocycles. The lowest BCUT2D eigenvalue weighted by molar-refractivity contribution is -0.138. The molecule has 2 N–H and O–H groups in total. The molecule has 0 spiro atoms. The molecular weight excluding hydrogens is 242 g/mol. The molecule has 5 nitrogen and oxygen atoms in total. The minimum Gasteiger partial charge on any atom is -0.481 e. The van der Waals surface area contributed by atoms with E-state index in [0.29, 0.717) is 6.04 Å². The molecule has 0 aromatic carbocycles. The number of carbonyl (C=O) groups is 1. The van der Waals surface area contributed by atoms with Crippen LogP contribution in [-0.4, -0.2) is 46.1 Å². The highest BCUT2D eigenvalue weighted by Crippen LogP contribution is 2.18. The fourth-order valence-corrected chi connectivity index (χ4v) is 2.60. The van der Waals surface area contributed by atoms with Crippen LogP contribution in [0.5, 0.6) is 0 Å². The third-order valence-corrected chi connectivity index (χ3v) is 3.65. The van der Waals surface area contributed by atoms with E-state index in [1.54, 1.807) is 6.20 Å². The topological polar surface area (TPSA) is 65.5 Å². The van der Waals surface area contributed by atoms with Crippen LogP contribution in [0.15, 0.2) is 24.5 Å². The summed E-state index contributed by atoms with van der Waals surface area (Å²) in [7, 11) is 0. The Hall–Kier alpha value is -1.46. The largest absolute Gasteiger partial charge is 0.481 e. The summed E-state index contributed by atoms with van der Waals surface area (Å²) in [5, 5.41) is 12.4. The highest BCUT2D eigenvalue weighted by molar-refractivity contribution is 5.67. The van der Waals surface area contributed by atoms with Crippen LogP contribution in [0.4, 0.5) is 0 Å². The molecule has 0 saturated carbocycles. The van der Waals surface area contributed by atoms with Gasteiger partial charge in [0.1, 0.15) is 0 Å². The standard InChI is InChI=1S/C14H21N3O2/c1-11-4-6-16-9-13(7-14(18)19)17(11)10-12-3-2-5-15-8-12/h2-3,5,8,11,13,16H,4,6-7,9-10H2,1H3,(H,18,19). The molecule has 2 atom stereocenters. The van der Waals surface area contributed by atoms with Gasteiger partial charge in [-0.2, -0.15) is 0 Å². The van der Waals surface area contributed by atoms with Gasteiger partial charge in [-0.15, -0.1) is 0 Å². The normalized spacial score (nSPS) is 24.9. The Morgan fingerprint density at radius 1 is 1.63 bits per heavy atom. The summed E-state index contributed by atoms with van der Waals surface area (Å²) in [6, 6.07) is 4.37. The second-order valence-corrected chi connectivity index (χ2v) is 5.13. The zero-order valence-corrected chi connectivity index (χ0v) is 11.2. The molecule has 104 valence electrons. The van der Waals surface area contributed by atoms with Gasteiger partial charge in [-0.1, -0.05) is 6.07 Å². The third-order valence-electron chi connectivity index (χ3n) is 3.65. The summed E-state index contributed by atoms with van der Waals surface area (Å²) in [5.41, 5.74) is 1.13. The van der Waals surface area contributed by atoms with Crippen molar-refractivity contribution >= 4 is 5.97 Å². The Balaban J connectivity index is 2.12. The predicted octanol–water partition coefficient (Wildman–Crippen LogP) is 1.11. The maximum Gasteiger partial charge on any atom is 0.304 e. The van der Waals surface area contributed by atoms with Crippen LogP contribution in [-0.2, 0) is 11.3 Å². The summed E-state index contributed by atoms with van der Waals surface area (Å²) in [5.74, 6) is -0.739. The van der Waals surface area contributed by atoms with E-state index in [2.05, 4.69) is 22.1 Å². The number of nitrogens with one attached hydrogen (secondary N) is 1. The number of aromatic nitrogens is 1. The predicted molar refractivity (Wildman–Crippen MR) is 72.8 cm³/mol. The Morgan fingerprint density at radius 2 is 2.47 bits per heavy atom. The summed E-state index contributed by atoms with van der Waals surface area (Å²) >= 11 is 0. The number of hydrogen-bond donors (Lipinski definition) is 2. The number of carboxylic acid groups (broad SMARTS) is 1. The van der Waals surface area contributed by atoms with E-state index in [1.807, 2.05) is 18.3 Å². The summed E-state index contributed by atoms with van der Waals surface area (Å²) in [6.45, 7) is 4.60. The van der Waals surface area contributed by atoms with Gasteiger partial charge < -0.3 is 10.4 Å². The van der Waals surface area contributed by atoms with E-state index in [4.69, 9.17) is 5.11 Å². The zero-order valence-electron chi connectivity index (χ0n) is 11.2. The van der Waals surface area contributed by atoms with Crippen molar-refractivity contribution in [2.45, 2.75) is 38.4 Å². The first-order valence-corrected chi connectivity index (χ1v) is 6.74. The number of hydrogen-bond acceptors (Lipinski definition) is 4. The molecule has 0 bridgehead atoms. The average Bonchev–Trinajstić information content (AvgIpc) is 2.55. The summed E-state index contributed by atoms with van der Waals surface area (Å²) < 4.78 is 0. The SMILES string of the molecule is CC1CCNCC(CC(=O)O)N1Cc1cccnc1. The van der Waals surface area contributed by atoms with E-state index in [1.165, 1.54) is 0 Å². The number of aliphatic carboxylic acids is 1. The second-order valence-electron chi connectivity index (χ2n) is 5.13. The number of pyridine rings is 1. The molecule has 2 heterocycles. The van der Waals surface area contributed by atoms with Crippen molar-refractivity contribution in [3.63, 3.8) is 0 Å². The van der Waals surface area contributed by atoms with E-state index >= 15 is 0 Å². The van der Waals surface area contributed by atoms with Crippen LogP contribution in [0.1, 0.15) is 25.3 Å². The monoisotopic (exact) mass is 263 g/mol. The fourth-order valence-electron chi connectivity index (χ4n) is 2.60. The summed E-state index contributed by atoms with van der Waals surface area (Å²) in [4.78, 5) is 17.4. The van der Waals surface area contributed by atoms with Gasteiger partial charge in [0.05, 0.1) is 6.42 Å². The van der Waals surface area contributed by atoms with Gasteiger partial charge in [-0.25, -0.2) is 0 Å². The summed E-state index contributed by atoms with van der Waals surface area (Å²) in [6.07, 6.45) is 4.82. The maximum atomic E-state index is 11.0. The first kappa shape index (κ1) is 14.0. The van der Waals surface area contributed by atoms with Crippen molar-refractivity contribution in [2.75, 3.05) is 13.1 Å². The van der Waals surface area contributed by atoms with Crippen LogP contribution in [0.3, 0.4) is 0 Å². The Morgan fingerprint density at radius 3 is 3.16 bits per heavy atom. The van der Waals surface area contributed by atoms with Gasteiger partial charge >= 0.3 is 5.97 Å². The smallest absolute Gasteiger partial charge is 0.304 e. The molecule has 1 saturated heterocycles. The number of rotatable bonds is 4. The van der Waals surface area contributed by atoms with Crippen LogP contribution in [0.2, 0.25) is 0 Å². The molecule has 19 heavy (non-hydrogen) atoms. The molecule has 1 fully saturated rings. The quantitative estimate of drug-likeness (QED) is 0.852. The van der Waals surface area contributed by atoms with Crippen LogP contribution >= 0.6 is 0 Å². The van der Waals surface area contributed by atoms with Gasteiger partial charge in [0, 0.05) is 37.6 Å². The van der Waals surface area contributed by atoms with Gasteiger partial charge in [0.2, 0.25) is 0 Å². The van der Waals surface area contributed by atoms with Crippen LogP contribution < -0.4 is 5.32 Å². The zero-order chi connectivity index (χ0) is 13.7. The van der Waals surface area contributed by atoms with Crippen molar-refractivity contribution < 1.29 is 9.90 Å².